The van der Waals surface area contributed by atoms with Crippen molar-refractivity contribution in [1.82, 2.24) is 14.9 Å². The Morgan fingerprint density at radius 1 is 0.900 bits per heavy atom. The predicted molar refractivity (Wildman–Crippen MR) is 127 cm³/mol. The third-order valence-electron chi connectivity index (χ3n) is 4.94. The van der Waals surface area contributed by atoms with E-state index >= 15 is 0 Å². The lowest BCUT2D eigenvalue weighted by molar-refractivity contribution is 0.872. The first kappa shape index (κ1) is 19.0. The van der Waals surface area contributed by atoms with Crippen molar-refractivity contribution in [2.24, 2.45) is 5.10 Å². The van der Waals surface area contributed by atoms with Crippen LogP contribution >= 0.6 is 35.4 Å². The Bertz CT molecular complexity index is 1450. The highest BCUT2D eigenvalue weighted by Gasteiger charge is 2.13. The highest BCUT2D eigenvalue weighted by Crippen LogP contribution is 2.30. The van der Waals surface area contributed by atoms with Crippen LogP contribution in [0.5, 0.6) is 0 Å². The van der Waals surface area contributed by atoms with Crippen molar-refractivity contribution in [3.8, 4) is 11.4 Å². The van der Waals surface area contributed by atoms with E-state index in [1.54, 1.807) is 22.9 Å². The number of nitrogens with one attached hydrogen (secondary N) is 1. The minimum Gasteiger partial charge on any atom is -0.250 e. The summed E-state index contributed by atoms with van der Waals surface area (Å²) < 4.78 is 1.94. The highest BCUT2D eigenvalue weighted by atomic mass is 35.5. The molecule has 4 nitrogen and oxygen atoms in total. The summed E-state index contributed by atoms with van der Waals surface area (Å²) in [6, 6.07) is 23.9. The molecule has 0 spiro atoms. The minimum atomic E-state index is 0.372. The largest absolute Gasteiger partial charge is 0.250 e. The Kier molecular flexibility index (Phi) is 4.87. The molecule has 0 amide bonds. The Morgan fingerprint density at radius 2 is 1.57 bits per heavy atom. The zero-order chi connectivity index (χ0) is 20.7. The van der Waals surface area contributed by atoms with Gasteiger partial charge >= 0.3 is 0 Å². The number of benzene rings is 4. The molecule has 1 heterocycles. The molecule has 0 bridgehead atoms. The van der Waals surface area contributed by atoms with Crippen LogP contribution in [0.1, 0.15) is 5.56 Å². The van der Waals surface area contributed by atoms with Crippen molar-refractivity contribution in [3.63, 3.8) is 0 Å². The van der Waals surface area contributed by atoms with Crippen molar-refractivity contribution in [3.05, 3.63) is 93.2 Å². The van der Waals surface area contributed by atoms with Crippen LogP contribution in [-0.4, -0.2) is 21.1 Å². The maximum Gasteiger partial charge on any atom is 0.216 e. The molecule has 30 heavy (non-hydrogen) atoms. The van der Waals surface area contributed by atoms with E-state index in [4.69, 9.17) is 35.4 Å². The number of rotatable bonds is 3. The normalized spacial score (nSPS) is 11.7. The maximum absolute atomic E-state index is 6.38. The van der Waals surface area contributed by atoms with Crippen LogP contribution in [-0.2, 0) is 0 Å². The highest BCUT2D eigenvalue weighted by molar-refractivity contribution is 7.71. The van der Waals surface area contributed by atoms with Crippen molar-refractivity contribution in [2.45, 2.75) is 0 Å². The lowest BCUT2D eigenvalue weighted by atomic mass is 9.97. The zero-order valence-corrected chi connectivity index (χ0v) is 17.8. The van der Waals surface area contributed by atoms with Gasteiger partial charge in [-0.15, -0.1) is 0 Å². The molecular formula is C23H14Cl2N4S. The second-order valence-corrected chi connectivity index (χ2v) is 8.00. The molecule has 0 saturated carbocycles. The SMILES string of the molecule is S=c1[nH]nc(-c2ccc(Cl)cc2Cl)n1N=Cc1c2ccccc2cc2ccccc12. The van der Waals surface area contributed by atoms with Gasteiger partial charge < -0.3 is 0 Å². The van der Waals surface area contributed by atoms with Crippen LogP contribution in [0.15, 0.2) is 77.9 Å². The van der Waals surface area contributed by atoms with Gasteiger partial charge in [0, 0.05) is 16.1 Å². The monoisotopic (exact) mass is 448 g/mol. The summed E-state index contributed by atoms with van der Waals surface area (Å²) >= 11 is 17.8. The van der Waals surface area contributed by atoms with E-state index in [-0.39, 0.29) is 0 Å². The summed E-state index contributed by atoms with van der Waals surface area (Å²) in [5.41, 5.74) is 1.70. The molecule has 0 aliphatic rings. The minimum absolute atomic E-state index is 0.372. The number of nitrogens with zero attached hydrogens (tertiary/aromatic N) is 3. The van der Waals surface area contributed by atoms with E-state index in [1.807, 2.05) is 30.5 Å². The quantitative estimate of drug-likeness (QED) is 0.181. The van der Waals surface area contributed by atoms with Crippen molar-refractivity contribution in [1.29, 1.82) is 0 Å². The van der Waals surface area contributed by atoms with Gasteiger partial charge in [0.25, 0.3) is 0 Å². The molecule has 5 rings (SSSR count). The average Bonchev–Trinajstić information content (AvgIpc) is 3.11. The number of aromatic nitrogens is 3. The molecule has 1 aromatic heterocycles. The molecule has 146 valence electrons. The van der Waals surface area contributed by atoms with Gasteiger partial charge in [-0.1, -0.05) is 71.7 Å². The Labute approximate surface area is 187 Å². The molecule has 0 aliphatic heterocycles. The van der Waals surface area contributed by atoms with E-state index in [2.05, 4.69) is 45.6 Å². The standard InChI is InChI=1S/C23H14Cl2N4S/c24-16-9-10-19(21(25)12-16)22-27-28-23(30)29(22)26-13-20-17-7-3-1-5-14(17)11-15-6-2-4-8-18(15)20/h1-13H,(H,28,30). The van der Waals surface area contributed by atoms with Gasteiger partial charge in [-0.05, 0) is 58.0 Å². The van der Waals surface area contributed by atoms with E-state index in [1.165, 1.54) is 0 Å². The van der Waals surface area contributed by atoms with Gasteiger partial charge in [0.15, 0.2) is 5.82 Å². The van der Waals surface area contributed by atoms with Crippen molar-refractivity contribution < 1.29 is 0 Å². The van der Waals surface area contributed by atoms with E-state index < -0.39 is 0 Å². The Hall–Kier alpha value is -2.99. The summed E-state index contributed by atoms with van der Waals surface area (Å²) in [5, 5.41) is 17.3. The average molecular weight is 449 g/mol. The fourth-order valence-electron chi connectivity index (χ4n) is 3.55. The van der Waals surface area contributed by atoms with E-state index in [0.717, 1.165) is 27.1 Å². The van der Waals surface area contributed by atoms with Crippen LogP contribution in [0.4, 0.5) is 0 Å². The number of hydrogen-bond donors (Lipinski definition) is 1. The molecule has 0 saturated heterocycles. The topological polar surface area (TPSA) is 46.0 Å². The number of H-pyrrole nitrogens is 1. The van der Waals surface area contributed by atoms with Gasteiger partial charge in [0.05, 0.1) is 11.2 Å². The summed E-state index contributed by atoms with van der Waals surface area (Å²) in [7, 11) is 0. The van der Waals surface area contributed by atoms with E-state index in [9.17, 15) is 0 Å². The first-order chi connectivity index (χ1) is 14.6. The molecule has 0 radical (unpaired) electrons. The molecule has 7 heteroatoms. The Morgan fingerprint density at radius 3 is 2.23 bits per heavy atom. The van der Waals surface area contributed by atoms with Crippen LogP contribution in [0.3, 0.4) is 0 Å². The molecule has 0 atom stereocenters. The second kappa shape index (κ2) is 7.69. The Balaban J connectivity index is 1.71. The smallest absolute Gasteiger partial charge is 0.216 e. The number of halogens is 2. The van der Waals surface area contributed by atoms with Crippen LogP contribution in [0.25, 0.3) is 32.9 Å². The fourth-order valence-corrected chi connectivity index (χ4v) is 4.22. The molecule has 1 N–H and O–H groups in total. The van der Waals surface area contributed by atoms with Crippen molar-refractivity contribution >= 4 is 63.2 Å². The van der Waals surface area contributed by atoms with E-state index in [0.29, 0.717) is 26.2 Å². The molecule has 0 aliphatic carbocycles. The first-order valence-electron chi connectivity index (χ1n) is 9.19. The predicted octanol–water partition coefficient (Wildman–Crippen LogP) is 7.10. The second-order valence-electron chi connectivity index (χ2n) is 6.77. The summed E-state index contributed by atoms with van der Waals surface area (Å²) in [6.45, 7) is 0. The molecule has 0 fully saturated rings. The van der Waals surface area contributed by atoms with Gasteiger partial charge in [-0.2, -0.15) is 14.9 Å². The fraction of sp³-hybridized carbons (Fsp3) is 0. The third kappa shape index (κ3) is 3.31. The molecule has 0 unspecified atom stereocenters. The van der Waals surface area contributed by atoms with Crippen LogP contribution < -0.4 is 0 Å². The zero-order valence-electron chi connectivity index (χ0n) is 15.5. The number of fused-ring (bicyclic) bond motifs is 2. The van der Waals surface area contributed by atoms with Crippen LogP contribution in [0.2, 0.25) is 10.0 Å². The van der Waals surface area contributed by atoms with Gasteiger partial charge in [-0.25, -0.2) is 5.10 Å². The number of hydrogen-bond acceptors (Lipinski definition) is 3. The molecule has 5 aromatic rings. The molecular weight excluding hydrogens is 435 g/mol. The van der Waals surface area contributed by atoms with Gasteiger partial charge in [0.1, 0.15) is 0 Å². The lowest BCUT2D eigenvalue weighted by Gasteiger charge is -2.08. The first-order valence-corrected chi connectivity index (χ1v) is 10.4. The summed E-state index contributed by atoms with van der Waals surface area (Å²) in [5.74, 6) is 0.516. The van der Waals surface area contributed by atoms with Gasteiger partial charge in [0.2, 0.25) is 4.77 Å². The van der Waals surface area contributed by atoms with Gasteiger partial charge in [-0.3, -0.25) is 0 Å². The summed E-state index contributed by atoms with van der Waals surface area (Å²) in [6.07, 6.45) is 1.82. The third-order valence-corrected chi connectivity index (χ3v) is 5.75. The number of aromatic amines is 1. The summed E-state index contributed by atoms with van der Waals surface area (Å²) in [4.78, 5) is 0. The van der Waals surface area contributed by atoms with Crippen LogP contribution in [0, 0.1) is 4.77 Å². The lowest BCUT2D eigenvalue weighted by Crippen LogP contribution is -1.97. The maximum atomic E-state index is 6.38. The van der Waals surface area contributed by atoms with Crippen molar-refractivity contribution in [2.75, 3.05) is 0 Å². The molecule has 4 aromatic carbocycles.